The van der Waals surface area contributed by atoms with E-state index >= 15 is 0 Å². The number of carbonyl (C=O) groups is 1. The number of nitrogens with zero attached hydrogens (tertiary/aromatic N) is 3. The van der Waals surface area contributed by atoms with Crippen LogP contribution in [-0.2, 0) is 0 Å². The summed E-state index contributed by atoms with van der Waals surface area (Å²) in [5.41, 5.74) is 6.42. The molecule has 15 heavy (non-hydrogen) atoms. The number of carbonyl (C=O) groups excluding carboxylic acids is 1. The zero-order chi connectivity index (χ0) is 11.0. The van der Waals surface area contributed by atoms with Crippen LogP contribution in [0.15, 0.2) is 18.5 Å². The molecule has 2 N–H and O–H groups in total. The molecule has 2 aromatic rings. The van der Waals surface area contributed by atoms with Crippen molar-refractivity contribution in [1.29, 1.82) is 0 Å². The Morgan fingerprint density at radius 2 is 2.27 bits per heavy atom. The lowest BCUT2D eigenvalue weighted by atomic mass is 10.2. The number of primary amides is 1. The lowest BCUT2D eigenvalue weighted by molar-refractivity contribution is 0.100. The van der Waals surface area contributed by atoms with Gasteiger partial charge in [-0.2, -0.15) is 5.10 Å². The van der Waals surface area contributed by atoms with Gasteiger partial charge in [0.2, 0.25) is 5.91 Å². The van der Waals surface area contributed by atoms with Crippen molar-refractivity contribution in [2.24, 2.45) is 5.73 Å². The number of nitrogens with two attached hydrogens (primary N) is 1. The quantitative estimate of drug-likeness (QED) is 0.796. The van der Waals surface area contributed by atoms with E-state index in [4.69, 9.17) is 5.73 Å². The molecule has 0 spiro atoms. The number of aromatic nitrogens is 3. The smallest absolute Gasteiger partial charge is 0.249 e. The molecular formula is C10H12N4O. The predicted octanol–water partition coefficient (Wildman–Crippen LogP) is 1.11. The van der Waals surface area contributed by atoms with Crippen molar-refractivity contribution in [2.45, 2.75) is 19.9 Å². The molecule has 0 fully saturated rings. The van der Waals surface area contributed by atoms with Crippen LogP contribution >= 0.6 is 0 Å². The minimum atomic E-state index is -0.453. The molecule has 0 aliphatic carbocycles. The minimum Gasteiger partial charge on any atom is -0.366 e. The highest BCUT2D eigenvalue weighted by molar-refractivity contribution is 6.04. The van der Waals surface area contributed by atoms with Crippen molar-refractivity contribution in [3.63, 3.8) is 0 Å². The molecule has 0 radical (unpaired) electrons. The standard InChI is InChI=1S/C10H12N4O/c1-6(2)14-10-8(5-13-14)7(9(11)15)3-4-12-10/h3-6H,1-2H3,(H2,11,15). The topological polar surface area (TPSA) is 73.8 Å². The first-order chi connectivity index (χ1) is 7.11. The van der Waals surface area contributed by atoms with Crippen molar-refractivity contribution >= 4 is 16.9 Å². The minimum absolute atomic E-state index is 0.207. The molecule has 1 amide bonds. The molecule has 78 valence electrons. The first-order valence-corrected chi connectivity index (χ1v) is 4.73. The average Bonchev–Trinajstić information content (AvgIpc) is 2.59. The van der Waals surface area contributed by atoms with Gasteiger partial charge in [0.15, 0.2) is 5.65 Å². The lowest BCUT2D eigenvalue weighted by Crippen LogP contribution is -2.11. The van der Waals surface area contributed by atoms with Crippen LogP contribution in [0.5, 0.6) is 0 Å². The summed E-state index contributed by atoms with van der Waals surface area (Å²) in [6.45, 7) is 4.01. The Balaban J connectivity index is 2.74. The molecule has 0 saturated carbocycles. The number of fused-ring (bicyclic) bond motifs is 1. The van der Waals surface area contributed by atoms with Crippen LogP contribution in [0.2, 0.25) is 0 Å². The summed E-state index contributed by atoms with van der Waals surface area (Å²) in [5, 5.41) is 4.89. The normalized spacial score (nSPS) is 11.1. The van der Waals surface area contributed by atoms with E-state index in [0.29, 0.717) is 16.6 Å². The summed E-state index contributed by atoms with van der Waals surface area (Å²) in [5.74, 6) is -0.453. The van der Waals surface area contributed by atoms with Crippen LogP contribution in [0.3, 0.4) is 0 Å². The second-order valence-electron chi connectivity index (χ2n) is 3.64. The molecule has 2 heterocycles. The molecule has 0 atom stereocenters. The zero-order valence-electron chi connectivity index (χ0n) is 8.64. The van der Waals surface area contributed by atoms with Gasteiger partial charge in [0.05, 0.1) is 17.1 Å². The summed E-state index contributed by atoms with van der Waals surface area (Å²) in [6.07, 6.45) is 3.20. The van der Waals surface area contributed by atoms with Gasteiger partial charge in [-0.25, -0.2) is 9.67 Å². The van der Waals surface area contributed by atoms with Crippen molar-refractivity contribution in [3.05, 3.63) is 24.0 Å². The molecule has 0 aliphatic rings. The molecule has 2 rings (SSSR count). The van der Waals surface area contributed by atoms with Crippen molar-refractivity contribution in [1.82, 2.24) is 14.8 Å². The van der Waals surface area contributed by atoms with Gasteiger partial charge in [-0.3, -0.25) is 4.79 Å². The van der Waals surface area contributed by atoms with Crippen LogP contribution < -0.4 is 5.73 Å². The Kier molecular flexibility index (Phi) is 2.15. The first-order valence-electron chi connectivity index (χ1n) is 4.73. The third-order valence-electron chi connectivity index (χ3n) is 2.25. The molecule has 0 bridgehead atoms. The Hall–Kier alpha value is -1.91. The van der Waals surface area contributed by atoms with Crippen molar-refractivity contribution in [3.8, 4) is 0 Å². The highest BCUT2D eigenvalue weighted by Crippen LogP contribution is 2.18. The number of rotatable bonds is 2. The van der Waals surface area contributed by atoms with E-state index in [0.717, 1.165) is 0 Å². The SMILES string of the molecule is CC(C)n1ncc2c(C(N)=O)ccnc21. The molecular weight excluding hydrogens is 192 g/mol. The second kappa shape index (κ2) is 3.34. The highest BCUT2D eigenvalue weighted by atomic mass is 16.1. The predicted molar refractivity (Wildman–Crippen MR) is 56.4 cm³/mol. The van der Waals surface area contributed by atoms with Gasteiger partial charge >= 0.3 is 0 Å². The van der Waals surface area contributed by atoms with Crippen LogP contribution in [0.25, 0.3) is 11.0 Å². The van der Waals surface area contributed by atoms with E-state index < -0.39 is 5.91 Å². The fraction of sp³-hybridized carbons (Fsp3) is 0.300. The van der Waals surface area contributed by atoms with Gasteiger partial charge in [-0.1, -0.05) is 0 Å². The van der Waals surface area contributed by atoms with E-state index in [9.17, 15) is 4.79 Å². The fourth-order valence-corrected chi connectivity index (χ4v) is 1.54. The largest absolute Gasteiger partial charge is 0.366 e. The number of hydrogen-bond donors (Lipinski definition) is 1. The van der Waals surface area contributed by atoms with Crippen LogP contribution in [0, 0.1) is 0 Å². The molecule has 2 aromatic heterocycles. The summed E-state index contributed by atoms with van der Waals surface area (Å²) in [7, 11) is 0. The van der Waals surface area contributed by atoms with E-state index in [2.05, 4.69) is 10.1 Å². The summed E-state index contributed by atoms with van der Waals surface area (Å²) >= 11 is 0. The van der Waals surface area contributed by atoms with Crippen molar-refractivity contribution < 1.29 is 4.79 Å². The number of amides is 1. The summed E-state index contributed by atoms with van der Waals surface area (Å²) < 4.78 is 1.77. The number of hydrogen-bond acceptors (Lipinski definition) is 3. The van der Waals surface area contributed by atoms with Gasteiger partial charge in [-0.05, 0) is 19.9 Å². The molecule has 0 unspecified atom stereocenters. The Morgan fingerprint density at radius 1 is 1.53 bits per heavy atom. The van der Waals surface area contributed by atoms with Gasteiger partial charge in [0.1, 0.15) is 0 Å². The molecule has 5 nitrogen and oxygen atoms in total. The van der Waals surface area contributed by atoms with Gasteiger partial charge in [0, 0.05) is 12.2 Å². The van der Waals surface area contributed by atoms with Gasteiger partial charge < -0.3 is 5.73 Å². The maximum atomic E-state index is 11.2. The monoisotopic (exact) mass is 204 g/mol. The maximum Gasteiger partial charge on any atom is 0.249 e. The summed E-state index contributed by atoms with van der Waals surface area (Å²) in [4.78, 5) is 15.3. The molecule has 0 aliphatic heterocycles. The number of pyridine rings is 1. The van der Waals surface area contributed by atoms with Crippen LogP contribution in [0.1, 0.15) is 30.2 Å². The van der Waals surface area contributed by atoms with E-state index in [1.807, 2.05) is 13.8 Å². The lowest BCUT2D eigenvalue weighted by Gasteiger charge is -2.05. The fourth-order valence-electron chi connectivity index (χ4n) is 1.54. The Morgan fingerprint density at radius 3 is 2.87 bits per heavy atom. The third kappa shape index (κ3) is 1.45. The zero-order valence-corrected chi connectivity index (χ0v) is 8.64. The first kappa shape index (κ1) is 9.64. The van der Waals surface area contributed by atoms with Crippen LogP contribution in [0.4, 0.5) is 0 Å². The maximum absolute atomic E-state index is 11.2. The van der Waals surface area contributed by atoms with Crippen LogP contribution in [-0.4, -0.2) is 20.7 Å². The van der Waals surface area contributed by atoms with Gasteiger partial charge in [0.25, 0.3) is 0 Å². The highest BCUT2D eigenvalue weighted by Gasteiger charge is 2.12. The van der Waals surface area contributed by atoms with E-state index in [-0.39, 0.29) is 6.04 Å². The Bertz CT molecular complexity index is 515. The van der Waals surface area contributed by atoms with Crippen molar-refractivity contribution in [2.75, 3.05) is 0 Å². The summed E-state index contributed by atoms with van der Waals surface area (Å²) in [6, 6.07) is 1.81. The Labute approximate surface area is 86.9 Å². The average molecular weight is 204 g/mol. The molecule has 0 aromatic carbocycles. The van der Waals surface area contributed by atoms with E-state index in [1.54, 1.807) is 23.1 Å². The molecule has 5 heteroatoms. The molecule has 0 saturated heterocycles. The van der Waals surface area contributed by atoms with E-state index in [1.165, 1.54) is 0 Å². The third-order valence-corrected chi connectivity index (χ3v) is 2.25. The van der Waals surface area contributed by atoms with Gasteiger partial charge in [-0.15, -0.1) is 0 Å². The second-order valence-corrected chi connectivity index (χ2v) is 3.64.